The summed E-state index contributed by atoms with van der Waals surface area (Å²) in [7, 11) is 0. The maximum Gasteiger partial charge on any atom is 0.434 e. The molecule has 0 bridgehead atoms. The van der Waals surface area contributed by atoms with Crippen LogP contribution >= 0.6 is 0 Å². The molecule has 30 heavy (non-hydrogen) atoms. The number of aromatic nitrogens is 4. The number of ether oxygens (including phenoxy) is 3. The molecule has 2 fully saturated rings. The number of rotatable bonds is 4. The molecule has 2 aromatic heterocycles. The fourth-order valence-electron chi connectivity index (χ4n) is 3.28. The zero-order chi connectivity index (χ0) is 21.1. The molecule has 0 spiro atoms. The highest BCUT2D eigenvalue weighted by molar-refractivity contribution is 5.65. The average molecular weight is 426 g/mol. The fourth-order valence-corrected chi connectivity index (χ4v) is 3.28. The zero-order valence-electron chi connectivity index (χ0n) is 16.1. The molecule has 0 aliphatic carbocycles. The average Bonchev–Trinajstić information content (AvgIpc) is 2.74. The van der Waals surface area contributed by atoms with Gasteiger partial charge in [0.2, 0.25) is 17.8 Å². The van der Waals surface area contributed by atoms with Gasteiger partial charge in [0.1, 0.15) is 6.10 Å². The monoisotopic (exact) mass is 426 g/mol. The Morgan fingerprint density at radius 2 is 1.73 bits per heavy atom. The number of nitrogens with zero attached hydrogens (tertiary/aromatic N) is 5. The Bertz CT molecular complexity index is 886. The quantitative estimate of drug-likeness (QED) is 0.784. The van der Waals surface area contributed by atoms with Gasteiger partial charge in [-0.25, -0.2) is 15.0 Å². The van der Waals surface area contributed by atoms with E-state index in [-0.39, 0.29) is 29.2 Å². The molecule has 0 amide bonds. The van der Waals surface area contributed by atoms with Crippen LogP contribution in [-0.2, 0) is 15.7 Å². The summed E-state index contributed by atoms with van der Waals surface area (Å²) in [5.41, 5.74) is 3.96. The molecule has 4 rings (SSSR count). The summed E-state index contributed by atoms with van der Waals surface area (Å²) in [5, 5.41) is 0. The third-order valence-corrected chi connectivity index (χ3v) is 4.79. The summed E-state index contributed by atoms with van der Waals surface area (Å²) < 4.78 is 57.4. The first kappa shape index (κ1) is 20.5. The van der Waals surface area contributed by atoms with E-state index in [1.807, 2.05) is 4.90 Å². The number of nitrogens with two attached hydrogens (primary N) is 1. The molecule has 0 radical (unpaired) electrons. The lowest BCUT2D eigenvalue weighted by Gasteiger charge is -2.28. The largest absolute Gasteiger partial charge is 0.474 e. The van der Waals surface area contributed by atoms with Gasteiger partial charge < -0.3 is 24.8 Å². The van der Waals surface area contributed by atoms with E-state index in [4.69, 9.17) is 19.9 Å². The second kappa shape index (κ2) is 8.56. The maximum atomic E-state index is 13.6. The van der Waals surface area contributed by atoms with Crippen molar-refractivity contribution >= 4 is 11.9 Å². The van der Waals surface area contributed by atoms with Crippen molar-refractivity contribution in [3.63, 3.8) is 0 Å². The molecule has 4 heterocycles. The van der Waals surface area contributed by atoms with E-state index < -0.39 is 17.8 Å². The van der Waals surface area contributed by atoms with Crippen LogP contribution in [-0.4, -0.2) is 65.6 Å². The van der Waals surface area contributed by atoms with Crippen molar-refractivity contribution in [1.29, 1.82) is 0 Å². The van der Waals surface area contributed by atoms with E-state index in [9.17, 15) is 13.2 Å². The van der Waals surface area contributed by atoms with E-state index in [2.05, 4.69) is 19.9 Å². The first-order chi connectivity index (χ1) is 14.4. The van der Waals surface area contributed by atoms with Gasteiger partial charge in [-0.2, -0.15) is 18.2 Å². The lowest BCUT2D eigenvalue weighted by Crippen LogP contribution is -2.37. The maximum absolute atomic E-state index is 13.6. The number of nitrogen functional groups attached to an aromatic ring is 1. The van der Waals surface area contributed by atoms with Crippen LogP contribution in [0.1, 0.15) is 18.5 Å². The number of morpholine rings is 1. The van der Waals surface area contributed by atoms with Crippen molar-refractivity contribution < 1.29 is 27.4 Å². The van der Waals surface area contributed by atoms with Crippen molar-refractivity contribution in [3.05, 3.63) is 18.0 Å². The highest BCUT2D eigenvalue weighted by Gasteiger charge is 2.37. The number of halogens is 3. The first-order valence-corrected chi connectivity index (χ1v) is 9.56. The summed E-state index contributed by atoms with van der Waals surface area (Å²) >= 11 is 0. The van der Waals surface area contributed by atoms with Crippen LogP contribution in [0.2, 0.25) is 0 Å². The molecule has 2 aromatic rings. The minimum atomic E-state index is -4.72. The summed E-state index contributed by atoms with van der Waals surface area (Å²) in [4.78, 5) is 17.8. The van der Waals surface area contributed by atoms with Gasteiger partial charge in [0, 0.05) is 43.8 Å². The van der Waals surface area contributed by atoms with Gasteiger partial charge in [0.25, 0.3) is 0 Å². The van der Waals surface area contributed by atoms with E-state index in [1.54, 1.807) is 0 Å². The number of anilines is 2. The van der Waals surface area contributed by atoms with E-state index >= 15 is 0 Å². The van der Waals surface area contributed by atoms with Crippen molar-refractivity contribution in [1.82, 2.24) is 19.9 Å². The highest BCUT2D eigenvalue weighted by Crippen LogP contribution is 2.36. The molecule has 2 saturated heterocycles. The van der Waals surface area contributed by atoms with Crippen molar-refractivity contribution in [2.45, 2.75) is 25.1 Å². The topological polar surface area (TPSA) is 109 Å². The molecule has 9 nitrogen and oxygen atoms in total. The summed E-state index contributed by atoms with van der Waals surface area (Å²) in [5.74, 6) is -0.00615. The number of hydrogen-bond donors (Lipinski definition) is 1. The van der Waals surface area contributed by atoms with Gasteiger partial charge in [-0.3, -0.25) is 0 Å². The van der Waals surface area contributed by atoms with Gasteiger partial charge in [-0.05, 0) is 0 Å². The Balaban J connectivity index is 1.75. The van der Waals surface area contributed by atoms with Gasteiger partial charge in [0.15, 0.2) is 5.69 Å². The van der Waals surface area contributed by atoms with Crippen molar-refractivity contribution in [3.8, 4) is 17.1 Å². The first-order valence-electron chi connectivity index (χ1n) is 9.56. The Morgan fingerprint density at radius 1 is 1.03 bits per heavy atom. The van der Waals surface area contributed by atoms with Crippen molar-refractivity contribution in [2.75, 3.05) is 50.2 Å². The highest BCUT2D eigenvalue weighted by atomic mass is 19.4. The summed E-state index contributed by atoms with van der Waals surface area (Å²) in [6, 6.07) is 1.38. The van der Waals surface area contributed by atoms with Crippen LogP contribution in [0.3, 0.4) is 0 Å². The van der Waals surface area contributed by atoms with Gasteiger partial charge >= 0.3 is 6.18 Å². The zero-order valence-corrected chi connectivity index (χ0v) is 16.1. The SMILES string of the molecule is Nc1ncc(-c2cc(OC3CCOCC3)nc(N3CCOCC3)n2)c(C(F)(F)F)n1. The summed E-state index contributed by atoms with van der Waals surface area (Å²) in [6.07, 6.45) is -2.49. The number of alkyl halides is 3. The minimum Gasteiger partial charge on any atom is -0.474 e. The standard InChI is InChI=1S/C18H21F3N6O3/c19-18(20,21)15-12(10-23-16(22)26-15)13-9-14(30-11-1-5-28-6-2-11)25-17(24-13)27-3-7-29-8-4-27/h9-11H,1-8H2,(H2,22,23,26). The molecule has 2 aliphatic rings. The lowest BCUT2D eigenvalue weighted by molar-refractivity contribution is -0.140. The normalized spacial score (nSPS) is 18.4. The second-order valence-electron chi connectivity index (χ2n) is 6.91. The third kappa shape index (κ3) is 4.70. The molecule has 12 heteroatoms. The fraction of sp³-hybridized carbons (Fsp3) is 0.556. The van der Waals surface area contributed by atoms with Crippen LogP contribution < -0.4 is 15.4 Å². The third-order valence-electron chi connectivity index (χ3n) is 4.79. The van der Waals surface area contributed by atoms with Crippen LogP contribution in [0.4, 0.5) is 25.1 Å². The van der Waals surface area contributed by atoms with Crippen molar-refractivity contribution in [2.24, 2.45) is 0 Å². The number of hydrogen-bond acceptors (Lipinski definition) is 9. The molecular formula is C18H21F3N6O3. The molecule has 162 valence electrons. The van der Waals surface area contributed by atoms with Crippen LogP contribution in [0.5, 0.6) is 5.88 Å². The van der Waals surface area contributed by atoms with E-state index in [0.717, 1.165) is 6.20 Å². The lowest BCUT2D eigenvalue weighted by atomic mass is 10.1. The molecular weight excluding hydrogens is 405 g/mol. The Labute approximate surface area is 170 Å². The Morgan fingerprint density at radius 3 is 2.43 bits per heavy atom. The Kier molecular flexibility index (Phi) is 5.86. The Hall–Kier alpha value is -2.73. The summed E-state index contributed by atoms with van der Waals surface area (Å²) in [6.45, 7) is 3.10. The van der Waals surface area contributed by atoms with Crippen LogP contribution in [0, 0.1) is 0 Å². The van der Waals surface area contributed by atoms with Crippen LogP contribution in [0.25, 0.3) is 11.3 Å². The predicted octanol–water partition coefficient (Wildman–Crippen LogP) is 1.93. The van der Waals surface area contributed by atoms with E-state index in [1.165, 1.54) is 6.07 Å². The minimum absolute atomic E-state index is 0.0147. The molecule has 2 N–H and O–H groups in total. The molecule has 0 unspecified atom stereocenters. The van der Waals surface area contributed by atoms with Gasteiger partial charge in [-0.1, -0.05) is 0 Å². The molecule has 0 saturated carbocycles. The van der Waals surface area contributed by atoms with Gasteiger partial charge in [-0.15, -0.1) is 0 Å². The second-order valence-corrected chi connectivity index (χ2v) is 6.91. The van der Waals surface area contributed by atoms with Crippen LogP contribution in [0.15, 0.2) is 12.3 Å². The molecule has 2 aliphatic heterocycles. The van der Waals surface area contributed by atoms with E-state index in [0.29, 0.717) is 52.4 Å². The molecule has 0 atom stereocenters. The van der Waals surface area contributed by atoms with Gasteiger partial charge in [0.05, 0.1) is 32.1 Å². The smallest absolute Gasteiger partial charge is 0.434 e. The molecule has 0 aromatic carbocycles. The predicted molar refractivity (Wildman–Crippen MR) is 100.0 cm³/mol.